The molecule has 30 heavy (non-hydrogen) atoms. The summed E-state index contributed by atoms with van der Waals surface area (Å²) in [6.07, 6.45) is 0. The second-order valence-corrected chi connectivity index (χ2v) is 10.7. The van der Waals surface area contributed by atoms with E-state index in [2.05, 4.69) is 10.0 Å². The number of hydrogen-bond acceptors (Lipinski definition) is 6. The number of methoxy groups -OCH3 is 1. The van der Waals surface area contributed by atoms with Crippen molar-refractivity contribution < 1.29 is 26.4 Å². The maximum atomic E-state index is 12.8. The van der Waals surface area contributed by atoms with E-state index in [1.165, 1.54) is 51.5 Å². The molecule has 2 rings (SSSR count). The summed E-state index contributed by atoms with van der Waals surface area (Å²) in [5, 5.41) is 2.54. The highest BCUT2D eigenvalue weighted by Gasteiger charge is 2.24. The fourth-order valence-electron chi connectivity index (χ4n) is 2.59. The lowest BCUT2D eigenvalue weighted by Crippen LogP contribution is -2.30. The molecule has 0 fully saturated rings. The number of para-hydroxylation sites is 1. The number of carbonyl (C=O) groups is 1. The van der Waals surface area contributed by atoms with Gasteiger partial charge in [0.1, 0.15) is 15.5 Å². The lowest BCUT2D eigenvalue weighted by molar-refractivity contribution is 0.102. The van der Waals surface area contributed by atoms with E-state index < -0.39 is 26.0 Å². The van der Waals surface area contributed by atoms with Gasteiger partial charge in [-0.25, -0.2) is 25.9 Å². The molecule has 164 valence electrons. The molecule has 0 unspecified atom stereocenters. The summed E-state index contributed by atoms with van der Waals surface area (Å²) in [5.74, 6) is -0.588. The van der Waals surface area contributed by atoms with Crippen LogP contribution >= 0.6 is 0 Å². The Kier molecular flexibility index (Phi) is 7.24. The van der Waals surface area contributed by atoms with Gasteiger partial charge in [-0.2, -0.15) is 0 Å². The largest absolute Gasteiger partial charge is 0.495 e. The lowest BCUT2D eigenvalue weighted by Gasteiger charge is -2.16. The van der Waals surface area contributed by atoms with E-state index in [1.54, 1.807) is 26.0 Å². The van der Waals surface area contributed by atoms with E-state index in [4.69, 9.17) is 4.74 Å². The maximum Gasteiger partial charge on any atom is 0.255 e. The summed E-state index contributed by atoms with van der Waals surface area (Å²) < 4.78 is 58.8. The van der Waals surface area contributed by atoms with E-state index in [0.29, 0.717) is 0 Å². The zero-order chi connectivity index (χ0) is 22.7. The van der Waals surface area contributed by atoms with Gasteiger partial charge in [0.05, 0.1) is 12.8 Å². The molecule has 9 nitrogen and oxygen atoms in total. The third-order valence-corrected chi connectivity index (χ3v) is 7.55. The monoisotopic (exact) mass is 455 g/mol. The van der Waals surface area contributed by atoms with E-state index in [0.717, 1.165) is 4.31 Å². The summed E-state index contributed by atoms with van der Waals surface area (Å²) in [7, 11) is -3.63. The smallest absolute Gasteiger partial charge is 0.255 e. The summed E-state index contributed by atoms with van der Waals surface area (Å²) in [6.45, 7) is 3.34. The molecule has 0 radical (unpaired) electrons. The maximum absolute atomic E-state index is 12.8. The number of anilines is 1. The number of rotatable bonds is 8. The van der Waals surface area contributed by atoms with Crippen molar-refractivity contribution in [3.05, 3.63) is 48.0 Å². The fourth-order valence-corrected chi connectivity index (χ4v) is 5.07. The molecule has 0 aliphatic carbocycles. The minimum atomic E-state index is -3.93. The zero-order valence-corrected chi connectivity index (χ0v) is 19.0. The quantitative estimate of drug-likeness (QED) is 0.627. The van der Waals surface area contributed by atoms with E-state index in [9.17, 15) is 21.6 Å². The summed E-state index contributed by atoms with van der Waals surface area (Å²) in [5.41, 5.74) is 0.105. The Labute approximate surface area is 177 Å². The average molecular weight is 456 g/mol. The number of amides is 1. The summed E-state index contributed by atoms with van der Waals surface area (Å²) >= 11 is 0. The van der Waals surface area contributed by atoms with Crippen LogP contribution in [-0.2, 0) is 20.0 Å². The first kappa shape index (κ1) is 23.8. The highest BCUT2D eigenvalue weighted by Crippen LogP contribution is 2.27. The molecule has 1 amide bonds. The first-order valence-corrected chi connectivity index (χ1v) is 11.9. The van der Waals surface area contributed by atoms with Crippen molar-refractivity contribution in [2.24, 2.45) is 0 Å². The van der Waals surface area contributed by atoms with E-state index >= 15 is 0 Å². The number of sulfonamides is 2. The summed E-state index contributed by atoms with van der Waals surface area (Å²) in [4.78, 5) is 12.5. The molecule has 0 bridgehead atoms. The first-order chi connectivity index (χ1) is 13.9. The van der Waals surface area contributed by atoms with Crippen LogP contribution in [0.15, 0.2) is 52.3 Å². The predicted octanol–water partition coefficient (Wildman–Crippen LogP) is 1.88. The Morgan fingerprint density at radius 2 is 1.63 bits per heavy atom. The van der Waals surface area contributed by atoms with Crippen molar-refractivity contribution in [2.75, 3.05) is 26.5 Å². The molecule has 2 aromatic rings. The number of carbonyl (C=O) groups excluding carboxylic acids is 1. The number of nitrogens with one attached hydrogen (secondary N) is 2. The number of nitrogens with zero attached hydrogens (tertiary/aromatic N) is 1. The van der Waals surface area contributed by atoms with Crippen molar-refractivity contribution in [3.63, 3.8) is 0 Å². The first-order valence-electron chi connectivity index (χ1n) is 8.93. The molecule has 0 aliphatic rings. The van der Waals surface area contributed by atoms with Gasteiger partial charge < -0.3 is 10.1 Å². The number of ether oxygens (including phenoxy) is 1. The Hall–Kier alpha value is -2.47. The van der Waals surface area contributed by atoms with Crippen LogP contribution in [0.25, 0.3) is 0 Å². The lowest BCUT2D eigenvalue weighted by atomic mass is 10.2. The van der Waals surface area contributed by atoms with Crippen LogP contribution in [0.4, 0.5) is 5.69 Å². The molecule has 0 spiro atoms. The molecular weight excluding hydrogens is 430 g/mol. The van der Waals surface area contributed by atoms with Crippen molar-refractivity contribution in [1.29, 1.82) is 0 Å². The highest BCUT2D eigenvalue weighted by molar-refractivity contribution is 7.89. The van der Waals surface area contributed by atoms with Gasteiger partial charge in [0.25, 0.3) is 5.91 Å². The molecule has 0 heterocycles. The van der Waals surface area contributed by atoms with Crippen molar-refractivity contribution in [3.8, 4) is 5.75 Å². The van der Waals surface area contributed by atoms with Gasteiger partial charge >= 0.3 is 0 Å². The Morgan fingerprint density at radius 3 is 2.20 bits per heavy atom. The van der Waals surface area contributed by atoms with Crippen LogP contribution < -0.4 is 14.8 Å². The molecule has 0 saturated carbocycles. The molecule has 2 aromatic carbocycles. The van der Waals surface area contributed by atoms with Crippen molar-refractivity contribution in [2.45, 2.75) is 29.7 Å². The van der Waals surface area contributed by atoms with Gasteiger partial charge in [-0.15, -0.1) is 0 Å². The van der Waals surface area contributed by atoms with Gasteiger partial charge in [0, 0.05) is 25.7 Å². The normalized spacial score (nSPS) is 12.2. The van der Waals surface area contributed by atoms with Gasteiger partial charge in [-0.3, -0.25) is 4.79 Å². The average Bonchev–Trinajstić information content (AvgIpc) is 2.66. The number of hydrogen-bond donors (Lipinski definition) is 2. The van der Waals surface area contributed by atoms with Crippen LogP contribution in [0.5, 0.6) is 5.75 Å². The fraction of sp³-hybridized carbons (Fsp3) is 0.316. The standard InChI is InChI=1S/C19H25N3O6S2/c1-13(2)21-29(24,25)18-12-14(10-11-16(18)28-5)19(23)20-15-8-6-7-9-17(15)30(26,27)22(3)4/h6-13,21H,1-5H3,(H,20,23). The summed E-state index contributed by atoms with van der Waals surface area (Å²) in [6, 6.07) is 9.54. The SMILES string of the molecule is COc1ccc(C(=O)Nc2ccccc2S(=O)(=O)N(C)C)cc1S(=O)(=O)NC(C)C. The Balaban J connectivity index is 2.47. The van der Waals surface area contributed by atoms with Gasteiger partial charge in [-0.05, 0) is 44.2 Å². The minimum absolute atomic E-state index is 0.0250. The molecule has 0 aromatic heterocycles. The van der Waals surface area contributed by atoms with E-state index in [1.807, 2.05) is 0 Å². The van der Waals surface area contributed by atoms with Gasteiger partial charge in [-0.1, -0.05) is 12.1 Å². The van der Waals surface area contributed by atoms with Crippen LogP contribution in [0.3, 0.4) is 0 Å². The minimum Gasteiger partial charge on any atom is -0.495 e. The Bertz CT molecular complexity index is 1140. The third-order valence-electron chi connectivity index (χ3n) is 4.00. The highest BCUT2D eigenvalue weighted by atomic mass is 32.2. The molecule has 11 heteroatoms. The van der Waals surface area contributed by atoms with Crippen LogP contribution in [0.2, 0.25) is 0 Å². The molecule has 2 N–H and O–H groups in total. The molecular formula is C19H25N3O6S2. The second kappa shape index (κ2) is 9.13. The zero-order valence-electron chi connectivity index (χ0n) is 17.3. The topological polar surface area (TPSA) is 122 Å². The van der Waals surface area contributed by atoms with Gasteiger partial charge in [0.15, 0.2) is 0 Å². The molecule has 0 aliphatic heterocycles. The molecule has 0 atom stereocenters. The van der Waals surface area contributed by atoms with Crippen LogP contribution in [-0.4, -0.2) is 54.3 Å². The Morgan fingerprint density at radius 1 is 1.00 bits per heavy atom. The number of benzene rings is 2. The van der Waals surface area contributed by atoms with Gasteiger partial charge in [0.2, 0.25) is 20.0 Å². The van der Waals surface area contributed by atoms with Crippen LogP contribution in [0, 0.1) is 0 Å². The van der Waals surface area contributed by atoms with Crippen LogP contribution in [0.1, 0.15) is 24.2 Å². The molecule has 0 saturated heterocycles. The van der Waals surface area contributed by atoms with Crippen molar-refractivity contribution in [1.82, 2.24) is 9.03 Å². The van der Waals surface area contributed by atoms with Crippen molar-refractivity contribution >= 4 is 31.6 Å². The van der Waals surface area contributed by atoms with E-state index in [-0.39, 0.29) is 32.8 Å². The predicted molar refractivity (Wildman–Crippen MR) is 114 cm³/mol. The second-order valence-electron chi connectivity index (χ2n) is 6.88. The third kappa shape index (κ3) is 5.17.